The Kier molecular flexibility index (Phi) is 6.24. The second kappa shape index (κ2) is 7.95. The van der Waals surface area contributed by atoms with Crippen LogP contribution in [0.4, 0.5) is 5.69 Å². The van der Waals surface area contributed by atoms with Crippen molar-refractivity contribution in [1.82, 2.24) is 5.32 Å². The van der Waals surface area contributed by atoms with Crippen LogP contribution in [0.25, 0.3) is 0 Å². The minimum atomic E-state index is -0.155. The van der Waals surface area contributed by atoms with E-state index < -0.39 is 0 Å². The third kappa shape index (κ3) is 4.39. The highest BCUT2D eigenvalue weighted by molar-refractivity contribution is 5.93. The van der Waals surface area contributed by atoms with E-state index in [0.29, 0.717) is 30.8 Å². The van der Waals surface area contributed by atoms with Crippen LogP contribution in [0.2, 0.25) is 0 Å². The number of amides is 2. The number of nitrogens with one attached hydrogen (secondary N) is 1. The van der Waals surface area contributed by atoms with Crippen molar-refractivity contribution in [1.29, 1.82) is 5.26 Å². The zero-order chi connectivity index (χ0) is 15.0. The summed E-state index contributed by atoms with van der Waals surface area (Å²) in [5.41, 5.74) is 1.02. The molecule has 1 aromatic carbocycles. The first-order valence-electron chi connectivity index (χ1n) is 6.64. The maximum absolute atomic E-state index is 11.7. The highest BCUT2D eigenvalue weighted by Gasteiger charge is 2.14. The fourth-order valence-electron chi connectivity index (χ4n) is 1.87. The molecule has 0 aliphatic rings. The summed E-state index contributed by atoms with van der Waals surface area (Å²) in [7, 11) is 0. The van der Waals surface area contributed by atoms with Gasteiger partial charge in [0.05, 0.1) is 11.3 Å². The quantitative estimate of drug-likeness (QED) is 0.859. The zero-order valence-electron chi connectivity index (χ0n) is 11.8. The first-order valence-corrected chi connectivity index (χ1v) is 6.64. The zero-order valence-corrected chi connectivity index (χ0v) is 11.8. The molecule has 0 aromatic heterocycles. The average Bonchev–Trinajstić information content (AvgIpc) is 2.43. The lowest BCUT2D eigenvalue weighted by atomic mass is 10.1. The third-order valence-electron chi connectivity index (χ3n) is 2.83. The van der Waals surface area contributed by atoms with E-state index in [0.717, 1.165) is 6.42 Å². The van der Waals surface area contributed by atoms with Crippen LogP contribution >= 0.6 is 0 Å². The van der Waals surface area contributed by atoms with Crippen molar-refractivity contribution >= 4 is 17.5 Å². The summed E-state index contributed by atoms with van der Waals surface area (Å²) in [4.78, 5) is 24.6. The van der Waals surface area contributed by atoms with Gasteiger partial charge in [-0.05, 0) is 18.6 Å². The summed E-state index contributed by atoms with van der Waals surface area (Å²) in [5.74, 6) is -0.179. The molecule has 1 aromatic rings. The Morgan fingerprint density at radius 1 is 1.35 bits per heavy atom. The van der Waals surface area contributed by atoms with Crippen LogP contribution < -0.4 is 10.2 Å². The SMILES string of the molecule is CCCC(=O)NCCN(C(C)=O)c1ccccc1C#N. The Hall–Kier alpha value is -2.35. The number of nitriles is 1. The van der Waals surface area contributed by atoms with Gasteiger partial charge in [-0.25, -0.2) is 0 Å². The largest absolute Gasteiger partial charge is 0.354 e. The van der Waals surface area contributed by atoms with Gasteiger partial charge in [-0.1, -0.05) is 19.1 Å². The molecule has 5 nitrogen and oxygen atoms in total. The summed E-state index contributed by atoms with van der Waals surface area (Å²) < 4.78 is 0. The Morgan fingerprint density at radius 3 is 2.65 bits per heavy atom. The lowest BCUT2D eigenvalue weighted by Gasteiger charge is -2.22. The van der Waals surface area contributed by atoms with E-state index in [2.05, 4.69) is 11.4 Å². The molecule has 0 aliphatic heterocycles. The van der Waals surface area contributed by atoms with Crippen LogP contribution in [0, 0.1) is 11.3 Å². The molecule has 1 rings (SSSR count). The van der Waals surface area contributed by atoms with Crippen LogP contribution in [0.5, 0.6) is 0 Å². The van der Waals surface area contributed by atoms with Crippen molar-refractivity contribution in [2.75, 3.05) is 18.0 Å². The number of carbonyl (C=O) groups is 2. The lowest BCUT2D eigenvalue weighted by molar-refractivity contribution is -0.121. The van der Waals surface area contributed by atoms with Crippen molar-refractivity contribution in [3.63, 3.8) is 0 Å². The Morgan fingerprint density at radius 2 is 2.05 bits per heavy atom. The van der Waals surface area contributed by atoms with Crippen molar-refractivity contribution in [2.45, 2.75) is 26.7 Å². The van der Waals surface area contributed by atoms with Gasteiger partial charge in [-0.2, -0.15) is 5.26 Å². The van der Waals surface area contributed by atoms with Gasteiger partial charge in [0.2, 0.25) is 11.8 Å². The first kappa shape index (κ1) is 15.7. The molecule has 2 amide bonds. The summed E-state index contributed by atoms with van der Waals surface area (Å²) in [6.07, 6.45) is 1.27. The predicted octanol–water partition coefficient (Wildman–Crippen LogP) is 1.83. The van der Waals surface area contributed by atoms with E-state index >= 15 is 0 Å². The summed E-state index contributed by atoms with van der Waals surface area (Å²) in [5, 5.41) is 11.8. The second-order valence-corrected chi connectivity index (χ2v) is 4.40. The van der Waals surface area contributed by atoms with E-state index in [1.54, 1.807) is 24.3 Å². The highest BCUT2D eigenvalue weighted by Crippen LogP contribution is 2.19. The molecule has 0 saturated heterocycles. The Bertz CT molecular complexity index is 520. The summed E-state index contributed by atoms with van der Waals surface area (Å²) >= 11 is 0. The van der Waals surface area contributed by atoms with Crippen LogP contribution in [0.1, 0.15) is 32.3 Å². The number of benzene rings is 1. The molecule has 0 atom stereocenters. The molecule has 0 aliphatic carbocycles. The molecule has 20 heavy (non-hydrogen) atoms. The van der Waals surface area contributed by atoms with E-state index in [4.69, 9.17) is 5.26 Å². The Balaban J connectivity index is 2.73. The maximum atomic E-state index is 11.7. The van der Waals surface area contributed by atoms with E-state index in [9.17, 15) is 9.59 Å². The minimum Gasteiger partial charge on any atom is -0.354 e. The van der Waals surface area contributed by atoms with Crippen LogP contribution in [0.3, 0.4) is 0 Å². The first-order chi connectivity index (χ1) is 9.60. The van der Waals surface area contributed by atoms with E-state index in [1.165, 1.54) is 11.8 Å². The fraction of sp³-hybridized carbons (Fsp3) is 0.400. The Labute approximate surface area is 119 Å². The molecule has 0 saturated carbocycles. The average molecular weight is 273 g/mol. The number of anilines is 1. The smallest absolute Gasteiger partial charge is 0.223 e. The van der Waals surface area contributed by atoms with Crippen LogP contribution in [-0.2, 0) is 9.59 Å². The topological polar surface area (TPSA) is 73.2 Å². The van der Waals surface area contributed by atoms with Crippen molar-refractivity contribution in [2.24, 2.45) is 0 Å². The molecule has 0 unspecified atom stereocenters. The minimum absolute atomic E-state index is 0.0235. The second-order valence-electron chi connectivity index (χ2n) is 4.40. The van der Waals surface area contributed by atoms with Crippen LogP contribution in [0.15, 0.2) is 24.3 Å². The van der Waals surface area contributed by atoms with E-state index in [-0.39, 0.29) is 11.8 Å². The maximum Gasteiger partial charge on any atom is 0.223 e. The van der Waals surface area contributed by atoms with Gasteiger partial charge in [0.1, 0.15) is 6.07 Å². The standard InChI is InChI=1S/C15H19N3O2/c1-3-6-15(20)17-9-10-18(12(2)19)14-8-5-4-7-13(14)11-16/h4-5,7-8H,3,6,9-10H2,1-2H3,(H,17,20). The molecule has 106 valence electrons. The number of hydrogen-bond donors (Lipinski definition) is 1. The van der Waals surface area contributed by atoms with Gasteiger partial charge >= 0.3 is 0 Å². The number of para-hydroxylation sites is 1. The van der Waals surface area contributed by atoms with Crippen molar-refractivity contribution in [3.8, 4) is 6.07 Å². The fourth-order valence-corrected chi connectivity index (χ4v) is 1.87. The van der Waals surface area contributed by atoms with Crippen molar-refractivity contribution in [3.05, 3.63) is 29.8 Å². The summed E-state index contributed by atoms with van der Waals surface area (Å²) in [6.45, 7) is 4.11. The molecule has 0 fully saturated rings. The van der Waals surface area contributed by atoms with Gasteiger partial charge in [-0.3, -0.25) is 9.59 Å². The highest BCUT2D eigenvalue weighted by atomic mass is 16.2. The molecule has 0 radical (unpaired) electrons. The van der Waals surface area contributed by atoms with Crippen LogP contribution in [-0.4, -0.2) is 24.9 Å². The molecule has 0 bridgehead atoms. The number of nitrogens with zero attached hydrogens (tertiary/aromatic N) is 2. The normalized spacial score (nSPS) is 9.65. The molecule has 0 heterocycles. The monoisotopic (exact) mass is 273 g/mol. The third-order valence-corrected chi connectivity index (χ3v) is 2.83. The van der Waals surface area contributed by atoms with Gasteiger partial charge in [0.15, 0.2) is 0 Å². The van der Waals surface area contributed by atoms with E-state index in [1.807, 2.05) is 6.92 Å². The molecule has 5 heteroatoms. The predicted molar refractivity (Wildman–Crippen MR) is 77.1 cm³/mol. The van der Waals surface area contributed by atoms with Gasteiger partial charge < -0.3 is 10.2 Å². The molecule has 1 N–H and O–H groups in total. The van der Waals surface area contributed by atoms with Gasteiger partial charge in [0, 0.05) is 26.4 Å². The number of carbonyl (C=O) groups excluding carboxylic acids is 2. The number of hydrogen-bond acceptors (Lipinski definition) is 3. The molecule has 0 spiro atoms. The van der Waals surface area contributed by atoms with Gasteiger partial charge in [-0.15, -0.1) is 0 Å². The van der Waals surface area contributed by atoms with Crippen molar-refractivity contribution < 1.29 is 9.59 Å². The molecular formula is C15H19N3O2. The molecular weight excluding hydrogens is 254 g/mol. The number of rotatable bonds is 6. The summed E-state index contributed by atoms with van der Waals surface area (Å²) in [6, 6.07) is 9.00. The lowest BCUT2D eigenvalue weighted by Crippen LogP contribution is -2.37. The van der Waals surface area contributed by atoms with Gasteiger partial charge in [0.25, 0.3) is 0 Å².